The molecule has 54 heavy (non-hydrogen) atoms. The van der Waals surface area contributed by atoms with Crippen LogP contribution in [0.25, 0.3) is 117 Å². The molecular formula is C52H30S2. The average Bonchev–Trinajstić information content (AvgIpc) is 3.80. The molecule has 0 atom stereocenters. The van der Waals surface area contributed by atoms with Gasteiger partial charge in [0.1, 0.15) is 0 Å². The van der Waals surface area contributed by atoms with Gasteiger partial charge in [0.25, 0.3) is 0 Å². The first-order chi connectivity index (χ1) is 26.8. The Hall–Kier alpha value is -6.32. The molecule has 2 aromatic heterocycles. The Morgan fingerprint density at radius 3 is 1.63 bits per heavy atom. The van der Waals surface area contributed by atoms with Gasteiger partial charge in [-0.2, -0.15) is 0 Å². The van der Waals surface area contributed by atoms with Gasteiger partial charge in [0.15, 0.2) is 0 Å². The van der Waals surface area contributed by atoms with Crippen LogP contribution in [0.2, 0.25) is 0 Å². The highest BCUT2D eigenvalue weighted by molar-refractivity contribution is 7.29. The lowest BCUT2D eigenvalue weighted by Gasteiger charge is -2.19. The molecule has 0 radical (unpaired) electrons. The fourth-order valence-corrected chi connectivity index (χ4v) is 11.5. The summed E-state index contributed by atoms with van der Waals surface area (Å²) in [5, 5.41) is 15.6. The number of thiophene rings is 2. The molecule has 0 fully saturated rings. The van der Waals surface area contributed by atoms with E-state index in [2.05, 4.69) is 182 Å². The quantitative estimate of drug-likeness (QED) is 0.160. The topological polar surface area (TPSA) is 0 Å². The van der Waals surface area contributed by atoms with Gasteiger partial charge in [0, 0.05) is 40.3 Å². The summed E-state index contributed by atoms with van der Waals surface area (Å²) in [6.07, 6.45) is 0. The molecule has 12 rings (SSSR count). The predicted molar refractivity (Wildman–Crippen MR) is 239 cm³/mol. The molecule has 0 aliphatic rings. The molecule has 10 aromatic carbocycles. The van der Waals surface area contributed by atoms with E-state index in [1.807, 2.05) is 22.7 Å². The van der Waals surface area contributed by atoms with Crippen molar-refractivity contribution in [2.24, 2.45) is 0 Å². The Labute approximate surface area is 319 Å². The Morgan fingerprint density at radius 2 is 0.852 bits per heavy atom. The molecule has 0 unspecified atom stereocenters. The van der Waals surface area contributed by atoms with Crippen LogP contribution < -0.4 is 0 Å². The first-order valence-electron chi connectivity index (χ1n) is 18.5. The van der Waals surface area contributed by atoms with Crippen LogP contribution >= 0.6 is 22.7 Å². The van der Waals surface area contributed by atoms with Crippen LogP contribution in [-0.4, -0.2) is 0 Å². The fraction of sp³-hybridized carbons (Fsp3) is 0. The Morgan fingerprint density at radius 1 is 0.278 bits per heavy atom. The molecule has 0 N–H and O–H groups in total. The number of rotatable bonds is 3. The third-order valence-electron chi connectivity index (χ3n) is 11.4. The summed E-state index contributed by atoms with van der Waals surface area (Å²) < 4.78 is 5.46. The van der Waals surface area contributed by atoms with Crippen molar-refractivity contribution in [3.63, 3.8) is 0 Å². The standard InChI is InChI=1S/C52H30S2/c1-2-12-37-31(10-1)11-9-18-39(37)50-42-15-5-3-13-40(42)49(41-14-4-6-16-43(41)50)36-23-22-32-28-33(20-21-34(32)29-36)35-24-25-38-44-26-27-47-51(52(44)54-48(38)30-35)45-17-7-8-19-46(45)53-47/h1-30H. The molecule has 0 bridgehead atoms. The van der Waals surface area contributed by atoms with Crippen molar-refractivity contribution >= 4 is 106 Å². The van der Waals surface area contributed by atoms with Crippen molar-refractivity contribution in [3.8, 4) is 33.4 Å². The molecule has 0 aliphatic carbocycles. The SMILES string of the molecule is c1ccc2c(-c3c4ccccc4c(-c4ccc5cc(-c6ccc7c(c6)sc6c7ccc7sc8ccccc8c76)ccc5c4)c4ccccc34)cccc2c1. The molecule has 2 heterocycles. The number of hydrogen-bond acceptors (Lipinski definition) is 2. The van der Waals surface area contributed by atoms with Gasteiger partial charge in [-0.3, -0.25) is 0 Å². The molecule has 0 spiro atoms. The second-order valence-electron chi connectivity index (χ2n) is 14.4. The summed E-state index contributed by atoms with van der Waals surface area (Å²) in [7, 11) is 0. The van der Waals surface area contributed by atoms with E-state index in [0.717, 1.165) is 0 Å². The minimum absolute atomic E-state index is 1.24. The van der Waals surface area contributed by atoms with Crippen LogP contribution in [0, 0.1) is 0 Å². The second kappa shape index (κ2) is 11.6. The van der Waals surface area contributed by atoms with E-state index in [1.54, 1.807) is 0 Å². The summed E-state index contributed by atoms with van der Waals surface area (Å²) in [6, 6.07) is 67.8. The lowest BCUT2D eigenvalue weighted by Crippen LogP contribution is -1.91. The van der Waals surface area contributed by atoms with E-state index in [9.17, 15) is 0 Å². The summed E-state index contributed by atoms with van der Waals surface area (Å²) in [5.41, 5.74) is 7.62. The molecule has 2 heteroatoms. The second-order valence-corrected chi connectivity index (χ2v) is 16.5. The predicted octanol–water partition coefficient (Wildman–Crippen LogP) is 16.0. The van der Waals surface area contributed by atoms with Crippen LogP contribution in [0.1, 0.15) is 0 Å². The zero-order chi connectivity index (χ0) is 35.3. The summed E-state index contributed by atoms with van der Waals surface area (Å²) >= 11 is 3.83. The van der Waals surface area contributed by atoms with Crippen molar-refractivity contribution in [1.82, 2.24) is 0 Å². The van der Waals surface area contributed by atoms with Crippen molar-refractivity contribution in [2.45, 2.75) is 0 Å². The van der Waals surface area contributed by atoms with Crippen LogP contribution in [0.3, 0.4) is 0 Å². The van der Waals surface area contributed by atoms with E-state index in [-0.39, 0.29) is 0 Å². The highest BCUT2D eigenvalue weighted by Crippen LogP contribution is 2.47. The van der Waals surface area contributed by atoms with Gasteiger partial charge in [0.05, 0.1) is 0 Å². The van der Waals surface area contributed by atoms with Gasteiger partial charge in [-0.15, -0.1) is 22.7 Å². The van der Waals surface area contributed by atoms with Crippen molar-refractivity contribution in [1.29, 1.82) is 0 Å². The molecular weight excluding hydrogens is 689 g/mol. The van der Waals surface area contributed by atoms with E-state index in [0.29, 0.717) is 0 Å². The van der Waals surface area contributed by atoms with E-state index >= 15 is 0 Å². The third kappa shape index (κ3) is 4.42. The molecule has 0 aliphatic heterocycles. The molecule has 0 saturated heterocycles. The highest BCUT2D eigenvalue weighted by Gasteiger charge is 2.19. The maximum absolute atomic E-state index is 2.39. The van der Waals surface area contributed by atoms with E-state index in [4.69, 9.17) is 0 Å². The van der Waals surface area contributed by atoms with Crippen LogP contribution in [0.5, 0.6) is 0 Å². The van der Waals surface area contributed by atoms with Crippen molar-refractivity contribution in [3.05, 3.63) is 182 Å². The number of benzene rings is 10. The zero-order valence-corrected chi connectivity index (χ0v) is 30.8. The minimum atomic E-state index is 1.24. The first-order valence-corrected chi connectivity index (χ1v) is 20.1. The Bertz CT molecular complexity index is 3440. The molecule has 12 aromatic rings. The monoisotopic (exact) mass is 718 g/mol. The highest BCUT2D eigenvalue weighted by atomic mass is 32.1. The lowest BCUT2D eigenvalue weighted by molar-refractivity contribution is 1.67. The number of fused-ring (bicyclic) bond motifs is 11. The van der Waals surface area contributed by atoms with Crippen molar-refractivity contribution < 1.29 is 0 Å². The fourth-order valence-electron chi connectivity index (χ4n) is 8.98. The molecule has 0 nitrogen and oxygen atoms in total. The summed E-state index contributed by atoms with van der Waals surface area (Å²) in [6.45, 7) is 0. The lowest BCUT2D eigenvalue weighted by atomic mass is 9.84. The van der Waals surface area contributed by atoms with Crippen LogP contribution in [-0.2, 0) is 0 Å². The molecule has 0 saturated carbocycles. The minimum Gasteiger partial charge on any atom is -0.135 e. The number of hydrogen-bond donors (Lipinski definition) is 0. The van der Waals surface area contributed by atoms with E-state index in [1.165, 1.54) is 117 Å². The van der Waals surface area contributed by atoms with Crippen LogP contribution in [0.4, 0.5) is 0 Å². The van der Waals surface area contributed by atoms with Crippen molar-refractivity contribution in [2.75, 3.05) is 0 Å². The Balaban J connectivity index is 0.996. The summed E-state index contributed by atoms with van der Waals surface area (Å²) in [4.78, 5) is 0. The summed E-state index contributed by atoms with van der Waals surface area (Å²) in [5.74, 6) is 0. The largest absolute Gasteiger partial charge is 0.135 e. The smallest absolute Gasteiger partial charge is 0.0448 e. The van der Waals surface area contributed by atoms with Gasteiger partial charge < -0.3 is 0 Å². The third-order valence-corrected chi connectivity index (χ3v) is 13.8. The normalized spacial score (nSPS) is 12.1. The maximum atomic E-state index is 2.39. The molecule has 250 valence electrons. The Kier molecular flexibility index (Phi) is 6.48. The molecule has 0 amide bonds. The van der Waals surface area contributed by atoms with Gasteiger partial charge in [-0.1, -0.05) is 152 Å². The van der Waals surface area contributed by atoms with Crippen LogP contribution in [0.15, 0.2) is 182 Å². The van der Waals surface area contributed by atoms with Gasteiger partial charge in [-0.05, 0) is 107 Å². The van der Waals surface area contributed by atoms with Gasteiger partial charge >= 0.3 is 0 Å². The van der Waals surface area contributed by atoms with Gasteiger partial charge in [0.2, 0.25) is 0 Å². The maximum Gasteiger partial charge on any atom is 0.0448 e. The first kappa shape index (κ1) is 30.2. The average molecular weight is 719 g/mol. The van der Waals surface area contributed by atoms with Gasteiger partial charge in [-0.25, -0.2) is 0 Å². The zero-order valence-electron chi connectivity index (χ0n) is 29.1. The van der Waals surface area contributed by atoms with E-state index < -0.39 is 0 Å².